The van der Waals surface area contributed by atoms with Gasteiger partial charge in [0.1, 0.15) is 0 Å². The first-order valence-electron chi connectivity index (χ1n) is 3.88. The number of aryl methyl sites for hydroxylation is 1. The van der Waals surface area contributed by atoms with Gasteiger partial charge in [-0.25, -0.2) is 0 Å². The predicted octanol–water partition coefficient (Wildman–Crippen LogP) is 1.40. The molecule has 0 saturated heterocycles. The molecule has 62 valence electrons. The van der Waals surface area contributed by atoms with Crippen LogP contribution >= 0.6 is 0 Å². The predicted molar refractivity (Wildman–Crippen MR) is 46.7 cm³/mol. The third-order valence-corrected chi connectivity index (χ3v) is 1.82. The number of aliphatic hydroxyl groups excluding tert-OH is 1. The van der Waals surface area contributed by atoms with Gasteiger partial charge in [-0.2, -0.15) is 5.26 Å². The lowest BCUT2D eigenvalue weighted by atomic mass is 10.0. The summed E-state index contributed by atoms with van der Waals surface area (Å²) in [6, 6.07) is 7.78. The van der Waals surface area contributed by atoms with Crippen LogP contribution in [0, 0.1) is 18.3 Å². The van der Waals surface area contributed by atoms with E-state index in [4.69, 9.17) is 10.4 Å². The molecule has 0 fully saturated rings. The number of hydrogen-bond donors (Lipinski definition) is 1. The van der Waals surface area contributed by atoms with E-state index in [1.165, 1.54) is 0 Å². The molecule has 1 rings (SSSR count). The first kappa shape index (κ1) is 8.76. The van der Waals surface area contributed by atoms with Gasteiger partial charge in [-0.1, -0.05) is 12.1 Å². The number of hydrogen-bond acceptors (Lipinski definition) is 2. The lowest BCUT2D eigenvalue weighted by Crippen LogP contribution is -1.92. The highest BCUT2D eigenvalue weighted by Crippen LogP contribution is 2.10. The fourth-order valence-corrected chi connectivity index (χ4v) is 1.07. The molecule has 0 aliphatic heterocycles. The third kappa shape index (κ3) is 1.84. The van der Waals surface area contributed by atoms with Crippen LogP contribution in [0.15, 0.2) is 18.2 Å². The minimum Gasteiger partial charge on any atom is -0.396 e. The van der Waals surface area contributed by atoms with E-state index in [0.717, 1.165) is 11.1 Å². The molecule has 12 heavy (non-hydrogen) atoms. The zero-order chi connectivity index (χ0) is 8.97. The Kier molecular flexibility index (Phi) is 2.84. The maximum Gasteiger partial charge on any atom is 0.0994 e. The van der Waals surface area contributed by atoms with Gasteiger partial charge in [-0.3, -0.25) is 0 Å². The topological polar surface area (TPSA) is 44.0 Å². The van der Waals surface area contributed by atoms with Gasteiger partial charge in [-0.15, -0.1) is 0 Å². The number of benzene rings is 1. The van der Waals surface area contributed by atoms with Crippen molar-refractivity contribution in [3.8, 4) is 6.07 Å². The highest BCUT2D eigenvalue weighted by Gasteiger charge is 1.98. The van der Waals surface area contributed by atoms with Crippen LogP contribution in [0.5, 0.6) is 0 Å². The van der Waals surface area contributed by atoms with Crippen LogP contribution in [0.1, 0.15) is 16.7 Å². The molecule has 0 radical (unpaired) electrons. The van der Waals surface area contributed by atoms with Crippen molar-refractivity contribution < 1.29 is 5.11 Å². The molecule has 1 N–H and O–H groups in total. The van der Waals surface area contributed by atoms with E-state index in [0.29, 0.717) is 12.0 Å². The van der Waals surface area contributed by atoms with E-state index in [9.17, 15) is 0 Å². The standard InChI is InChI=1S/C10H11NO/c1-8-2-3-9(4-5-12)6-10(8)7-11/h2-3,6,12H,4-5H2,1H3. The van der Waals surface area contributed by atoms with Crippen molar-refractivity contribution in [1.29, 1.82) is 5.26 Å². The Morgan fingerprint density at radius 3 is 2.83 bits per heavy atom. The van der Waals surface area contributed by atoms with Crippen molar-refractivity contribution in [2.75, 3.05) is 6.61 Å². The Balaban J connectivity index is 2.99. The summed E-state index contributed by atoms with van der Waals surface area (Å²) < 4.78 is 0. The summed E-state index contributed by atoms with van der Waals surface area (Å²) in [5.41, 5.74) is 2.69. The fourth-order valence-electron chi connectivity index (χ4n) is 1.07. The smallest absolute Gasteiger partial charge is 0.0994 e. The average molecular weight is 161 g/mol. The van der Waals surface area contributed by atoms with Gasteiger partial charge >= 0.3 is 0 Å². The first-order chi connectivity index (χ1) is 5.77. The van der Waals surface area contributed by atoms with Crippen LogP contribution in [-0.2, 0) is 6.42 Å². The van der Waals surface area contributed by atoms with Crippen molar-refractivity contribution in [2.45, 2.75) is 13.3 Å². The van der Waals surface area contributed by atoms with Crippen molar-refractivity contribution in [1.82, 2.24) is 0 Å². The third-order valence-electron chi connectivity index (χ3n) is 1.82. The maximum absolute atomic E-state index is 8.70. The number of nitriles is 1. The van der Waals surface area contributed by atoms with E-state index in [-0.39, 0.29) is 6.61 Å². The zero-order valence-electron chi connectivity index (χ0n) is 7.04. The van der Waals surface area contributed by atoms with E-state index in [1.807, 2.05) is 25.1 Å². The van der Waals surface area contributed by atoms with Crippen molar-refractivity contribution in [3.05, 3.63) is 34.9 Å². The monoisotopic (exact) mass is 161 g/mol. The van der Waals surface area contributed by atoms with Crippen LogP contribution in [0.25, 0.3) is 0 Å². The molecular formula is C10H11NO. The lowest BCUT2D eigenvalue weighted by Gasteiger charge is -2.00. The molecule has 0 unspecified atom stereocenters. The first-order valence-corrected chi connectivity index (χ1v) is 3.88. The van der Waals surface area contributed by atoms with Crippen LogP contribution in [0.2, 0.25) is 0 Å². The van der Waals surface area contributed by atoms with E-state index < -0.39 is 0 Å². The van der Waals surface area contributed by atoms with Gasteiger partial charge in [0, 0.05) is 6.61 Å². The molecule has 0 saturated carbocycles. The molecule has 0 aliphatic rings. The Labute approximate surface area is 72.1 Å². The average Bonchev–Trinajstić information content (AvgIpc) is 2.09. The summed E-state index contributed by atoms with van der Waals surface area (Å²) in [5, 5.41) is 17.4. The van der Waals surface area contributed by atoms with Crippen molar-refractivity contribution >= 4 is 0 Å². The lowest BCUT2D eigenvalue weighted by molar-refractivity contribution is 0.299. The van der Waals surface area contributed by atoms with Gasteiger partial charge < -0.3 is 5.11 Å². The Morgan fingerprint density at radius 2 is 2.25 bits per heavy atom. The Morgan fingerprint density at radius 1 is 1.50 bits per heavy atom. The molecule has 1 aromatic rings. The van der Waals surface area contributed by atoms with Crippen LogP contribution in [0.4, 0.5) is 0 Å². The molecule has 0 bridgehead atoms. The van der Waals surface area contributed by atoms with E-state index >= 15 is 0 Å². The summed E-state index contributed by atoms with van der Waals surface area (Å²) >= 11 is 0. The molecular weight excluding hydrogens is 150 g/mol. The molecule has 0 aliphatic carbocycles. The molecule has 1 aromatic carbocycles. The highest BCUT2D eigenvalue weighted by molar-refractivity contribution is 5.39. The molecule has 0 aromatic heterocycles. The minimum absolute atomic E-state index is 0.133. The van der Waals surface area contributed by atoms with Gasteiger partial charge in [-0.05, 0) is 30.5 Å². The summed E-state index contributed by atoms with van der Waals surface area (Å²) in [5.74, 6) is 0. The summed E-state index contributed by atoms with van der Waals surface area (Å²) in [4.78, 5) is 0. The van der Waals surface area contributed by atoms with Crippen molar-refractivity contribution in [3.63, 3.8) is 0 Å². The van der Waals surface area contributed by atoms with Crippen LogP contribution in [0.3, 0.4) is 0 Å². The Hall–Kier alpha value is -1.33. The molecule has 0 heterocycles. The van der Waals surface area contributed by atoms with Gasteiger partial charge in [0.05, 0.1) is 11.6 Å². The zero-order valence-corrected chi connectivity index (χ0v) is 7.04. The van der Waals surface area contributed by atoms with E-state index in [2.05, 4.69) is 6.07 Å². The van der Waals surface area contributed by atoms with E-state index in [1.54, 1.807) is 0 Å². The molecule has 2 nitrogen and oxygen atoms in total. The largest absolute Gasteiger partial charge is 0.396 e. The molecule has 0 spiro atoms. The van der Waals surface area contributed by atoms with Crippen molar-refractivity contribution in [2.24, 2.45) is 0 Å². The molecule has 0 atom stereocenters. The quantitative estimate of drug-likeness (QED) is 0.712. The van der Waals surface area contributed by atoms with Gasteiger partial charge in [0.25, 0.3) is 0 Å². The van der Waals surface area contributed by atoms with Crippen LogP contribution in [-0.4, -0.2) is 11.7 Å². The highest BCUT2D eigenvalue weighted by atomic mass is 16.2. The van der Waals surface area contributed by atoms with Gasteiger partial charge in [0.15, 0.2) is 0 Å². The molecule has 2 heteroatoms. The summed E-state index contributed by atoms with van der Waals surface area (Å²) in [6.45, 7) is 2.04. The second-order valence-corrected chi connectivity index (χ2v) is 2.73. The SMILES string of the molecule is Cc1ccc(CCO)cc1C#N. The summed E-state index contributed by atoms with van der Waals surface area (Å²) in [6.07, 6.45) is 0.620. The second-order valence-electron chi connectivity index (χ2n) is 2.73. The minimum atomic E-state index is 0.133. The maximum atomic E-state index is 8.70. The van der Waals surface area contributed by atoms with Gasteiger partial charge in [0.2, 0.25) is 0 Å². The molecule has 0 amide bonds. The Bertz CT molecular complexity index is 312. The number of rotatable bonds is 2. The van der Waals surface area contributed by atoms with Crippen LogP contribution < -0.4 is 0 Å². The second kappa shape index (κ2) is 3.89. The number of aliphatic hydroxyl groups is 1. The number of nitrogens with zero attached hydrogens (tertiary/aromatic N) is 1. The normalized spacial score (nSPS) is 9.42. The fraction of sp³-hybridized carbons (Fsp3) is 0.300. The summed E-state index contributed by atoms with van der Waals surface area (Å²) in [7, 11) is 0.